The Labute approximate surface area is 376 Å². The van der Waals surface area contributed by atoms with Crippen LogP contribution in [0, 0.1) is 3.57 Å². The molecule has 0 aliphatic rings. The van der Waals surface area contributed by atoms with Crippen molar-refractivity contribution in [1.29, 1.82) is 0 Å². The first-order valence-corrected chi connectivity index (χ1v) is 23.4. The molecule has 7 aromatic rings. The molecule has 0 spiro atoms. The lowest BCUT2D eigenvalue weighted by Gasteiger charge is -2.44. The summed E-state index contributed by atoms with van der Waals surface area (Å²) in [6.07, 6.45) is 7.35. The van der Waals surface area contributed by atoms with Crippen LogP contribution in [0.5, 0.6) is 34.5 Å². The number of nitrogens with zero attached hydrogens (tertiary/aromatic N) is 5. The molecule has 7 rings (SSSR count). The van der Waals surface area contributed by atoms with Gasteiger partial charge in [0.15, 0.2) is 42.5 Å². The highest BCUT2D eigenvalue weighted by atomic mass is 127. The number of carbonyl (C=O) groups excluding carboxylic acids is 1. The van der Waals surface area contributed by atoms with Gasteiger partial charge in [-0.05, 0) is 75.6 Å². The normalized spacial score (nSPS) is 11.5. The molecule has 0 bridgehead atoms. The van der Waals surface area contributed by atoms with E-state index in [1.807, 2.05) is 48.7 Å². The number of halogens is 1. The Morgan fingerprint density at radius 2 is 1.15 bits per heavy atom. The fraction of sp³-hybridized carbons (Fsp3) is 0.326. The molecule has 0 saturated carbocycles. The second-order valence-electron chi connectivity index (χ2n) is 15.4. The minimum absolute atomic E-state index is 0.274. The van der Waals surface area contributed by atoms with Crippen LogP contribution in [0.25, 0.3) is 44.8 Å². The van der Waals surface area contributed by atoms with E-state index in [4.69, 9.17) is 38.4 Å². The van der Waals surface area contributed by atoms with Gasteiger partial charge in [-0.15, -0.1) is 0 Å². The monoisotopic (exact) mass is 971 g/mol. The van der Waals surface area contributed by atoms with Gasteiger partial charge in [0.25, 0.3) is 5.91 Å². The molecule has 1 amide bonds. The van der Waals surface area contributed by atoms with E-state index in [-0.39, 0.29) is 5.91 Å². The van der Waals surface area contributed by atoms with Crippen molar-refractivity contribution in [1.82, 2.24) is 29.2 Å². The first-order chi connectivity index (χ1) is 29.8. The molecule has 62 heavy (non-hydrogen) atoms. The third-order valence-corrected chi connectivity index (χ3v) is 18.7. The first kappa shape index (κ1) is 45.6. The standard InChI is InChI=1S/C24H34IN3O3Si.C22H20N4O4/c1-14(2)32(15(3)4,16(5)6)28-13-18(25)22-24(28)26-12-19(27-22)17-10-20(29-7)23(31-9)21(11-17)30-8;1-28-17-9-13(10-18(29-2)20(17)30-3)16-12-24-21-19(26-16)15(11-23-21)22(27)25-14-7-5-4-6-8-14/h10-16H,1-9H3;4-12H,1-3H3,(H,23,24)(H,25,27). The van der Waals surface area contributed by atoms with E-state index >= 15 is 0 Å². The SMILES string of the molecule is COc1cc(-c2cnc3[nH]cc(C(=O)Nc4ccccc4)c3n2)cc(OC)c1OC.COc1cc(-c2cnc3c(n2)c(I)cn3[Si](C(C)C)(C(C)C)C(C)C)cc(OC)c1OC. The number of aromatic amines is 1. The number of carbonyl (C=O) groups is 1. The quantitative estimate of drug-likeness (QED) is 0.0790. The van der Waals surface area contributed by atoms with E-state index < -0.39 is 8.24 Å². The minimum Gasteiger partial charge on any atom is -0.493 e. The van der Waals surface area contributed by atoms with Crippen LogP contribution in [0.3, 0.4) is 0 Å². The number of ether oxygens (including phenoxy) is 6. The van der Waals surface area contributed by atoms with Gasteiger partial charge in [-0.1, -0.05) is 59.7 Å². The third-order valence-electron chi connectivity index (χ3n) is 11.2. The van der Waals surface area contributed by atoms with Gasteiger partial charge in [0.2, 0.25) is 11.5 Å². The molecule has 0 aliphatic heterocycles. The first-order valence-electron chi connectivity index (χ1n) is 20.1. The fourth-order valence-corrected chi connectivity index (χ4v) is 16.1. The number of aromatic nitrogens is 6. The van der Waals surface area contributed by atoms with Crippen molar-refractivity contribution in [3.63, 3.8) is 0 Å². The largest absolute Gasteiger partial charge is 0.493 e. The van der Waals surface area contributed by atoms with Crippen LogP contribution < -0.4 is 33.7 Å². The molecular weight excluding hydrogens is 918 g/mol. The highest BCUT2D eigenvalue weighted by Crippen LogP contribution is 2.46. The van der Waals surface area contributed by atoms with E-state index in [2.05, 4.69) is 94.8 Å². The number of nitrogens with one attached hydrogen (secondary N) is 2. The lowest BCUT2D eigenvalue weighted by Crippen LogP contribution is -2.51. The van der Waals surface area contributed by atoms with E-state index in [1.165, 1.54) is 0 Å². The number of amides is 1. The number of methoxy groups -OCH3 is 6. The van der Waals surface area contributed by atoms with Gasteiger partial charge in [0, 0.05) is 29.2 Å². The molecule has 0 fully saturated rings. The fourth-order valence-electron chi connectivity index (χ4n) is 8.61. The van der Waals surface area contributed by atoms with Gasteiger partial charge >= 0.3 is 0 Å². The van der Waals surface area contributed by atoms with Gasteiger partial charge in [-0.3, -0.25) is 4.79 Å². The summed E-state index contributed by atoms with van der Waals surface area (Å²) < 4.78 is 36.4. The maximum Gasteiger partial charge on any atom is 0.259 e. The highest BCUT2D eigenvalue weighted by Gasteiger charge is 2.46. The average molecular weight is 972 g/mol. The maximum absolute atomic E-state index is 12.8. The Kier molecular flexibility index (Phi) is 14.3. The van der Waals surface area contributed by atoms with Gasteiger partial charge < -0.3 is 43.0 Å². The van der Waals surface area contributed by atoms with Crippen molar-refractivity contribution in [2.24, 2.45) is 0 Å². The second-order valence-corrected chi connectivity index (χ2v) is 22.3. The van der Waals surface area contributed by atoms with Crippen molar-refractivity contribution in [2.75, 3.05) is 48.0 Å². The van der Waals surface area contributed by atoms with Gasteiger partial charge in [-0.2, -0.15) is 0 Å². The molecule has 0 atom stereocenters. The number of benzene rings is 3. The predicted molar refractivity (Wildman–Crippen MR) is 255 cm³/mol. The summed E-state index contributed by atoms with van der Waals surface area (Å²) in [4.78, 5) is 34.8. The topological polar surface area (TPSA) is 157 Å². The van der Waals surface area contributed by atoms with E-state index in [0.717, 1.165) is 31.6 Å². The molecule has 4 heterocycles. The van der Waals surface area contributed by atoms with Crippen LogP contribution in [-0.2, 0) is 0 Å². The number of anilines is 1. The van der Waals surface area contributed by atoms with E-state index in [0.29, 0.717) is 79.2 Å². The Balaban J connectivity index is 0.000000207. The molecule has 14 nitrogen and oxygen atoms in total. The number of hydrogen-bond acceptors (Lipinski definition) is 11. The lowest BCUT2D eigenvalue weighted by molar-refractivity contribution is 0.102. The molecule has 0 aliphatic carbocycles. The van der Waals surface area contributed by atoms with Crippen molar-refractivity contribution >= 4 is 64.7 Å². The lowest BCUT2D eigenvalue weighted by atomic mass is 10.1. The zero-order chi connectivity index (χ0) is 44.9. The smallest absolute Gasteiger partial charge is 0.259 e. The molecular formula is C46H54IN7O7Si. The summed E-state index contributed by atoms with van der Waals surface area (Å²) in [7, 11) is 7.55. The van der Waals surface area contributed by atoms with Crippen molar-refractivity contribution < 1.29 is 33.2 Å². The van der Waals surface area contributed by atoms with Crippen LogP contribution >= 0.6 is 22.6 Å². The van der Waals surface area contributed by atoms with Crippen LogP contribution in [-0.4, -0.2) is 86.0 Å². The van der Waals surface area contributed by atoms with Crippen LogP contribution in [0.1, 0.15) is 51.9 Å². The maximum atomic E-state index is 12.8. The molecule has 0 unspecified atom stereocenters. The zero-order valence-electron chi connectivity index (χ0n) is 37.2. The number of H-pyrrole nitrogens is 1. The van der Waals surface area contributed by atoms with Crippen LogP contribution in [0.4, 0.5) is 5.69 Å². The molecule has 4 aromatic heterocycles. The van der Waals surface area contributed by atoms with Gasteiger partial charge in [-0.25, -0.2) is 19.9 Å². The Morgan fingerprint density at radius 1 is 0.677 bits per heavy atom. The minimum atomic E-state index is -1.93. The van der Waals surface area contributed by atoms with Gasteiger partial charge in [0.05, 0.1) is 75.6 Å². The summed E-state index contributed by atoms with van der Waals surface area (Å²) in [6, 6.07) is 16.6. The number of para-hydroxylation sites is 1. The van der Waals surface area contributed by atoms with Crippen molar-refractivity contribution in [3.8, 4) is 57.0 Å². The summed E-state index contributed by atoms with van der Waals surface area (Å²) in [6.45, 7) is 14.2. The summed E-state index contributed by atoms with van der Waals surface area (Å²) in [5.74, 6) is 2.99. The van der Waals surface area contributed by atoms with Crippen LogP contribution in [0.15, 0.2) is 79.4 Å². The van der Waals surface area contributed by atoms with E-state index in [1.54, 1.807) is 67.2 Å². The Bertz CT molecular complexity index is 2610. The van der Waals surface area contributed by atoms with Gasteiger partial charge in [0.1, 0.15) is 11.0 Å². The molecule has 0 saturated heterocycles. The number of fused-ring (bicyclic) bond motifs is 2. The molecule has 2 N–H and O–H groups in total. The molecule has 16 heteroatoms. The second kappa shape index (κ2) is 19.4. The molecule has 326 valence electrons. The third kappa shape index (κ3) is 8.62. The Hall–Kier alpha value is -5.88. The highest BCUT2D eigenvalue weighted by molar-refractivity contribution is 14.1. The van der Waals surface area contributed by atoms with E-state index in [9.17, 15) is 4.79 Å². The summed E-state index contributed by atoms with van der Waals surface area (Å²) in [5, 5.41) is 2.86. The van der Waals surface area contributed by atoms with Crippen molar-refractivity contribution in [3.05, 3.63) is 88.5 Å². The summed E-state index contributed by atoms with van der Waals surface area (Å²) >= 11 is 2.39. The van der Waals surface area contributed by atoms with Crippen molar-refractivity contribution in [2.45, 2.75) is 58.2 Å². The molecule has 0 radical (unpaired) electrons. The van der Waals surface area contributed by atoms with Crippen LogP contribution in [0.2, 0.25) is 16.6 Å². The predicted octanol–water partition coefficient (Wildman–Crippen LogP) is 10.7. The number of hydrogen-bond donors (Lipinski definition) is 2. The zero-order valence-corrected chi connectivity index (χ0v) is 40.4. The molecule has 3 aromatic carbocycles. The average Bonchev–Trinajstić information content (AvgIpc) is 3.85. The Morgan fingerprint density at radius 3 is 1.60 bits per heavy atom. The summed E-state index contributed by atoms with van der Waals surface area (Å²) in [5.41, 5.74) is 8.66. The number of rotatable bonds is 14.